The lowest BCUT2D eigenvalue weighted by molar-refractivity contribution is -0.349. The highest BCUT2D eigenvalue weighted by atomic mass is 16.7. The van der Waals surface area contributed by atoms with Gasteiger partial charge in [-0.1, -0.05) is 0 Å². The standard InChI is InChI=1S/C12H22O9/c1-3-5(13)7(15)8(16)12(20-3)21-10-6(14)4(2)19-11(18)9(10)17/h3-18H,1-2H3/t3-,4-,5-,6-,7+,8-,9-,10+,11-,12+/m0/s1. The molecule has 9 heteroatoms. The molecule has 0 aromatic carbocycles. The number of rotatable bonds is 2. The maximum atomic E-state index is 9.96. The average Bonchev–Trinajstić information content (AvgIpc) is 2.44. The summed E-state index contributed by atoms with van der Waals surface area (Å²) in [7, 11) is 0. The molecule has 124 valence electrons. The van der Waals surface area contributed by atoms with Gasteiger partial charge in [-0.05, 0) is 13.8 Å². The smallest absolute Gasteiger partial charge is 0.187 e. The van der Waals surface area contributed by atoms with Crippen molar-refractivity contribution in [2.75, 3.05) is 0 Å². The van der Waals surface area contributed by atoms with E-state index in [4.69, 9.17) is 14.2 Å². The molecule has 0 aromatic heterocycles. The monoisotopic (exact) mass is 310 g/mol. The summed E-state index contributed by atoms with van der Waals surface area (Å²) in [5.74, 6) is 0. The molecule has 0 spiro atoms. The summed E-state index contributed by atoms with van der Waals surface area (Å²) < 4.78 is 15.4. The third kappa shape index (κ3) is 3.21. The van der Waals surface area contributed by atoms with Gasteiger partial charge < -0.3 is 44.8 Å². The van der Waals surface area contributed by atoms with Crippen molar-refractivity contribution in [1.29, 1.82) is 0 Å². The average molecular weight is 310 g/mol. The van der Waals surface area contributed by atoms with Crippen LogP contribution in [0.2, 0.25) is 0 Å². The van der Waals surface area contributed by atoms with Crippen LogP contribution in [0.5, 0.6) is 0 Å². The van der Waals surface area contributed by atoms with Crippen LogP contribution >= 0.6 is 0 Å². The second-order valence-electron chi connectivity index (χ2n) is 5.50. The molecule has 0 radical (unpaired) electrons. The first-order chi connectivity index (χ1) is 9.73. The third-order valence-electron chi connectivity index (χ3n) is 3.90. The van der Waals surface area contributed by atoms with Gasteiger partial charge in [0.05, 0.1) is 12.2 Å². The van der Waals surface area contributed by atoms with Gasteiger partial charge in [0.25, 0.3) is 0 Å². The first-order valence-electron chi connectivity index (χ1n) is 6.78. The fourth-order valence-corrected chi connectivity index (χ4v) is 2.45. The van der Waals surface area contributed by atoms with E-state index in [0.29, 0.717) is 0 Å². The summed E-state index contributed by atoms with van der Waals surface area (Å²) in [6.07, 6.45) is -13.0. The van der Waals surface area contributed by atoms with Gasteiger partial charge in [0.2, 0.25) is 0 Å². The lowest BCUT2D eigenvalue weighted by Gasteiger charge is -2.44. The molecule has 10 atom stereocenters. The van der Waals surface area contributed by atoms with E-state index in [1.807, 2.05) is 0 Å². The largest absolute Gasteiger partial charge is 0.388 e. The third-order valence-corrected chi connectivity index (χ3v) is 3.90. The van der Waals surface area contributed by atoms with Crippen molar-refractivity contribution in [3.05, 3.63) is 0 Å². The molecular formula is C12H22O9. The van der Waals surface area contributed by atoms with E-state index in [2.05, 4.69) is 0 Å². The van der Waals surface area contributed by atoms with Gasteiger partial charge >= 0.3 is 0 Å². The van der Waals surface area contributed by atoms with Gasteiger partial charge in [0, 0.05) is 0 Å². The van der Waals surface area contributed by atoms with Crippen LogP contribution < -0.4 is 0 Å². The van der Waals surface area contributed by atoms with Crippen molar-refractivity contribution in [3.63, 3.8) is 0 Å². The molecule has 21 heavy (non-hydrogen) atoms. The zero-order valence-corrected chi connectivity index (χ0v) is 11.7. The SMILES string of the molecule is C[C@@H]1O[C@H](O[C@@H]2[C@@H](O)[C@H](C)O[C@H](O)[C@H]2O)[C@@H](O)[C@H](O)[C@H]1O. The molecule has 0 aliphatic carbocycles. The van der Waals surface area contributed by atoms with E-state index in [1.54, 1.807) is 0 Å². The Balaban J connectivity index is 2.08. The van der Waals surface area contributed by atoms with E-state index in [0.717, 1.165) is 0 Å². The summed E-state index contributed by atoms with van der Waals surface area (Å²) >= 11 is 0. The quantitative estimate of drug-likeness (QED) is 0.308. The Morgan fingerprint density at radius 1 is 0.667 bits per heavy atom. The van der Waals surface area contributed by atoms with Crippen LogP contribution in [0.15, 0.2) is 0 Å². The van der Waals surface area contributed by atoms with Crippen LogP contribution in [0.4, 0.5) is 0 Å². The highest BCUT2D eigenvalue weighted by Gasteiger charge is 2.48. The summed E-state index contributed by atoms with van der Waals surface area (Å²) in [5, 5.41) is 58.4. The highest BCUT2D eigenvalue weighted by Crippen LogP contribution is 2.28. The van der Waals surface area contributed by atoms with Gasteiger partial charge in [0.1, 0.15) is 36.6 Å². The molecule has 2 aliphatic rings. The Labute approximate surface area is 121 Å². The lowest BCUT2D eigenvalue weighted by atomic mass is 9.97. The molecule has 0 saturated carbocycles. The predicted octanol–water partition coefficient (Wildman–Crippen LogP) is -3.34. The molecule has 9 nitrogen and oxygen atoms in total. The zero-order valence-electron chi connectivity index (χ0n) is 11.7. The predicted molar refractivity (Wildman–Crippen MR) is 65.8 cm³/mol. The molecule has 0 bridgehead atoms. The minimum Gasteiger partial charge on any atom is -0.388 e. The van der Waals surface area contributed by atoms with Crippen molar-refractivity contribution in [3.8, 4) is 0 Å². The van der Waals surface area contributed by atoms with Crippen LogP contribution in [0, 0.1) is 0 Å². The molecule has 0 amide bonds. The van der Waals surface area contributed by atoms with Gasteiger partial charge in [-0.2, -0.15) is 0 Å². The Hall–Kier alpha value is -0.360. The minimum atomic E-state index is -1.56. The summed E-state index contributed by atoms with van der Waals surface area (Å²) in [4.78, 5) is 0. The molecule has 0 unspecified atom stereocenters. The van der Waals surface area contributed by atoms with Gasteiger partial charge in [-0.25, -0.2) is 0 Å². The number of ether oxygens (including phenoxy) is 3. The van der Waals surface area contributed by atoms with Crippen molar-refractivity contribution in [2.45, 2.75) is 75.3 Å². The number of hydrogen-bond donors (Lipinski definition) is 6. The van der Waals surface area contributed by atoms with Crippen molar-refractivity contribution >= 4 is 0 Å². The lowest BCUT2D eigenvalue weighted by Crippen LogP contribution is -2.63. The van der Waals surface area contributed by atoms with Crippen molar-refractivity contribution < 1.29 is 44.8 Å². The summed E-state index contributed by atoms with van der Waals surface area (Å²) in [5.41, 5.74) is 0. The molecule has 2 fully saturated rings. The van der Waals surface area contributed by atoms with E-state index >= 15 is 0 Å². The number of hydrogen-bond acceptors (Lipinski definition) is 9. The molecular weight excluding hydrogens is 288 g/mol. The van der Waals surface area contributed by atoms with Crippen molar-refractivity contribution in [2.24, 2.45) is 0 Å². The van der Waals surface area contributed by atoms with Crippen LogP contribution in [0.1, 0.15) is 13.8 Å². The first kappa shape index (κ1) is 17.0. The minimum absolute atomic E-state index is 0.804. The van der Waals surface area contributed by atoms with E-state index in [-0.39, 0.29) is 0 Å². The molecule has 2 aliphatic heterocycles. The maximum absolute atomic E-state index is 9.96. The van der Waals surface area contributed by atoms with Crippen LogP contribution in [-0.2, 0) is 14.2 Å². The van der Waals surface area contributed by atoms with Gasteiger partial charge in [-0.15, -0.1) is 0 Å². The normalized spacial score (nSPS) is 55.4. The second kappa shape index (κ2) is 6.41. The fourth-order valence-electron chi connectivity index (χ4n) is 2.45. The summed E-state index contributed by atoms with van der Waals surface area (Å²) in [6.45, 7) is 2.96. The Bertz CT molecular complexity index is 340. The highest BCUT2D eigenvalue weighted by molar-refractivity contribution is 4.92. The van der Waals surface area contributed by atoms with E-state index in [9.17, 15) is 30.6 Å². The second-order valence-corrected chi connectivity index (χ2v) is 5.50. The molecule has 2 rings (SSSR count). The molecule has 0 aromatic rings. The van der Waals surface area contributed by atoms with Crippen LogP contribution in [-0.4, -0.2) is 92.1 Å². The topological polar surface area (TPSA) is 149 Å². The Kier molecular flexibility index (Phi) is 5.19. The maximum Gasteiger partial charge on any atom is 0.187 e. The molecule has 2 heterocycles. The molecule has 6 N–H and O–H groups in total. The van der Waals surface area contributed by atoms with E-state index in [1.165, 1.54) is 13.8 Å². The van der Waals surface area contributed by atoms with Crippen molar-refractivity contribution in [1.82, 2.24) is 0 Å². The van der Waals surface area contributed by atoms with Gasteiger partial charge in [0.15, 0.2) is 12.6 Å². The number of aliphatic hydroxyl groups excluding tert-OH is 6. The fraction of sp³-hybridized carbons (Fsp3) is 1.00. The Morgan fingerprint density at radius 2 is 1.24 bits per heavy atom. The van der Waals surface area contributed by atoms with Crippen LogP contribution in [0.25, 0.3) is 0 Å². The summed E-state index contributed by atoms with van der Waals surface area (Å²) in [6, 6.07) is 0. The van der Waals surface area contributed by atoms with E-state index < -0.39 is 61.4 Å². The zero-order chi connectivity index (χ0) is 15.9. The number of aliphatic hydroxyl groups is 6. The van der Waals surface area contributed by atoms with Crippen LogP contribution in [0.3, 0.4) is 0 Å². The first-order valence-corrected chi connectivity index (χ1v) is 6.78. The molecule has 2 saturated heterocycles. The Morgan fingerprint density at radius 3 is 1.86 bits per heavy atom. The van der Waals surface area contributed by atoms with Gasteiger partial charge in [-0.3, -0.25) is 0 Å².